The molecule has 20 heavy (non-hydrogen) atoms. The molecule has 3 N–H and O–H groups in total. The Balaban J connectivity index is 1.51. The number of carbonyl (C=O) groups is 1. The first-order valence-corrected chi connectivity index (χ1v) is 6.74. The van der Waals surface area contributed by atoms with Crippen molar-refractivity contribution in [1.82, 2.24) is 24.9 Å². The highest BCUT2D eigenvalue weighted by Crippen LogP contribution is 2.38. The molecule has 0 atom stereocenters. The molecule has 0 radical (unpaired) electrons. The molecule has 3 rings (SSSR count). The molecule has 2 aromatic rings. The van der Waals surface area contributed by atoms with E-state index >= 15 is 0 Å². The van der Waals surface area contributed by atoms with Gasteiger partial charge in [0, 0.05) is 31.8 Å². The third-order valence-electron chi connectivity index (χ3n) is 3.41. The molecule has 0 unspecified atom stereocenters. The summed E-state index contributed by atoms with van der Waals surface area (Å²) in [5, 5.41) is 11.3. The second-order valence-electron chi connectivity index (χ2n) is 5.11. The first-order valence-electron chi connectivity index (χ1n) is 6.74. The van der Waals surface area contributed by atoms with Gasteiger partial charge in [-0.3, -0.25) is 14.2 Å². The Morgan fingerprint density at radius 2 is 2.30 bits per heavy atom. The van der Waals surface area contributed by atoms with E-state index in [0.717, 1.165) is 5.69 Å². The summed E-state index contributed by atoms with van der Waals surface area (Å²) < 4.78 is 3.34. The number of hydrogen-bond acceptors (Lipinski definition) is 4. The van der Waals surface area contributed by atoms with Gasteiger partial charge in [-0.25, -0.2) is 0 Å². The van der Waals surface area contributed by atoms with E-state index in [0.29, 0.717) is 30.5 Å². The topological polar surface area (TPSA) is 90.8 Å². The van der Waals surface area contributed by atoms with E-state index in [9.17, 15) is 4.79 Å². The number of rotatable bonds is 5. The molecule has 2 aromatic heterocycles. The van der Waals surface area contributed by atoms with Crippen molar-refractivity contribution in [3.05, 3.63) is 29.7 Å². The SMILES string of the molecule is Cn1nc(N)cc1C(=O)NCCn1ccc(C2CC2)n1. The summed E-state index contributed by atoms with van der Waals surface area (Å²) in [5.74, 6) is 0.827. The molecule has 0 saturated heterocycles. The maximum Gasteiger partial charge on any atom is 0.269 e. The summed E-state index contributed by atoms with van der Waals surface area (Å²) in [4.78, 5) is 11.9. The Kier molecular flexibility index (Phi) is 3.17. The fraction of sp³-hybridized carbons (Fsp3) is 0.462. The van der Waals surface area contributed by atoms with Crippen LogP contribution in [-0.4, -0.2) is 32.0 Å². The van der Waals surface area contributed by atoms with Crippen LogP contribution in [0.15, 0.2) is 18.3 Å². The van der Waals surface area contributed by atoms with Crippen molar-refractivity contribution in [2.45, 2.75) is 25.3 Å². The lowest BCUT2D eigenvalue weighted by atomic mass is 10.3. The van der Waals surface area contributed by atoms with Gasteiger partial charge in [0.25, 0.3) is 5.91 Å². The molecule has 1 aliphatic carbocycles. The minimum atomic E-state index is -0.175. The minimum absolute atomic E-state index is 0.175. The van der Waals surface area contributed by atoms with Crippen molar-refractivity contribution in [2.24, 2.45) is 7.05 Å². The quantitative estimate of drug-likeness (QED) is 0.831. The fourth-order valence-corrected chi connectivity index (χ4v) is 2.18. The minimum Gasteiger partial charge on any atom is -0.382 e. The van der Waals surface area contributed by atoms with Crippen LogP contribution in [0.1, 0.15) is 34.9 Å². The van der Waals surface area contributed by atoms with E-state index in [1.165, 1.54) is 17.5 Å². The van der Waals surface area contributed by atoms with E-state index in [4.69, 9.17) is 5.73 Å². The number of hydrogen-bond donors (Lipinski definition) is 2. The molecule has 0 aliphatic heterocycles. The van der Waals surface area contributed by atoms with Crippen molar-refractivity contribution in [3.63, 3.8) is 0 Å². The maximum atomic E-state index is 11.9. The van der Waals surface area contributed by atoms with Crippen molar-refractivity contribution >= 4 is 11.7 Å². The van der Waals surface area contributed by atoms with Crippen LogP contribution < -0.4 is 11.1 Å². The third kappa shape index (κ3) is 2.66. The normalized spacial score (nSPS) is 14.4. The van der Waals surface area contributed by atoms with Crippen molar-refractivity contribution in [1.29, 1.82) is 0 Å². The summed E-state index contributed by atoms with van der Waals surface area (Å²) in [6, 6.07) is 3.62. The highest BCUT2D eigenvalue weighted by molar-refractivity contribution is 5.93. The highest BCUT2D eigenvalue weighted by Gasteiger charge is 2.25. The molecule has 1 amide bonds. The number of nitrogens with one attached hydrogen (secondary N) is 1. The van der Waals surface area contributed by atoms with Crippen LogP contribution in [0.3, 0.4) is 0 Å². The smallest absolute Gasteiger partial charge is 0.269 e. The molecule has 2 heterocycles. The van der Waals surface area contributed by atoms with E-state index in [1.54, 1.807) is 13.1 Å². The zero-order chi connectivity index (χ0) is 14.1. The highest BCUT2D eigenvalue weighted by atomic mass is 16.2. The average molecular weight is 274 g/mol. The zero-order valence-electron chi connectivity index (χ0n) is 11.4. The number of aromatic nitrogens is 4. The predicted octanol–water partition coefficient (Wildman–Crippen LogP) is 0.506. The van der Waals surface area contributed by atoms with Gasteiger partial charge in [0.05, 0.1) is 12.2 Å². The number of amides is 1. The molecule has 0 spiro atoms. The van der Waals surface area contributed by atoms with Gasteiger partial charge in [0.15, 0.2) is 0 Å². The van der Waals surface area contributed by atoms with Crippen LogP contribution in [0.25, 0.3) is 0 Å². The average Bonchev–Trinajstić information content (AvgIpc) is 3.06. The Labute approximate surface area is 116 Å². The maximum absolute atomic E-state index is 11.9. The predicted molar refractivity (Wildman–Crippen MR) is 74.2 cm³/mol. The third-order valence-corrected chi connectivity index (χ3v) is 3.41. The van der Waals surface area contributed by atoms with Crippen LogP contribution in [0.4, 0.5) is 5.82 Å². The van der Waals surface area contributed by atoms with Crippen LogP contribution in [-0.2, 0) is 13.6 Å². The fourth-order valence-electron chi connectivity index (χ4n) is 2.18. The molecule has 1 aliphatic rings. The van der Waals surface area contributed by atoms with Gasteiger partial charge in [0.1, 0.15) is 11.5 Å². The van der Waals surface area contributed by atoms with Gasteiger partial charge in [-0.15, -0.1) is 0 Å². The van der Waals surface area contributed by atoms with Crippen molar-refractivity contribution in [2.75, 3.05) is 12.3 Å². The summed E-state index contributed by atoms with van der Waals surface area (Å²) in [6.07, 6.45) is 4.45. The summed E-state index contributed by atoms with van der Waals surface area (Å²) in [7, 11) is 1.70. The largest absolute Gasteiger partial charge is 0.382 e. The van der Waals surface area contributed by atoms with Gasteiger partial charge in [-0.2, -0.15) is 10.2 Å². The number of anilines is 1. The van der Waals surface area contributed by atoms with Crippen LogP contribution in [0.2, 0.25) is 0 Å². The van der Waals surface area contributed by atoms with Gasteiger partial charge in [-0.1, -0.05) is 0 Å². The number of nitrogen functional groups attached to an aromatic ring is 1. The standard InChI is InChI=1S/C13H18N6O/c1-18-11(8-12(14)17-18)13(20)15-5-7-19-6-4-10(16-19)9-2-3-9/h4,6,8-9H,2-3,5,7H2,1H3,(H2,14,17)(H,15,20). The summed E-state index contributed by atoms with van der Waals surface area (Å²) >= 11 is 0. The molecule has 0 aromatic carbocycles. The van der Waals surface area contributed by atoms with Crippen LogP contribution >= 0.6 is 0 Å². The molecule has 7 heteroatoms. The van der Waals surface area contributed by atoms with E-state index < -0.39 is 0 Å². The van der Waals surface area contributed by atoms with Crippen molar-refractivity contribution in [3.8, 4) is 0 Å². The molecular weight excluding hydrogens is 256 g/mol. The Hall–Kier alpha value is -2.31. The van der Waals surface area contributed by atoms with E-state index in [-0.39, 0.29) is 5.91 Å². The van der Waals surface area contributed by atoms with Gasteiger partial charge in [0.2, 0.25) is 0 Å². The van der Waals surface area contributed by atoms with E-state index in [1.807, 2.05) is 10.9 Å². The lowest BCUT2D eigenvalue weighted by Crippen LogP contribution is -2.29. The number of nitrogens with zero attached hydrogens (tertiary/aromatic N) is 4. The monoisotopic (exact) mass is 274 g/mol. The Bertz CT molecular complexity index is 625. The Morgan fingerprint density at radius 1 is 1.50 bits per heavy atom. The zero-order valence-corrected chi connectivity index (χ0v) is 11.4. The first kappa shape index (κ1) is 12.7. The summed E-state index contributed by atoms with van der Waals surface area (Å²) in [6.45, 7) is 1.18. The molecule has 7 nitrogen and oxygen atoms in total. The first-order chi connectivity index (χ1) is 9.63. The molecular formula is C13H18N6O. The molecule has 1 fully saturated rings. The van der Waals surface area contributed by atoms with Crippen molar-refractivity contribution < 1.29 is 4.79 Å². The molecule has 106 valence electrons. The lowest BCUT2D eigenvalue weighted by Gasteiger charge is -2.05. The second-order valence-corrected chi connectivity index (χ2v) is 5.11. The second kappa shape index (κ2) is 4.99. The van der Waals surface area contributed by atoms with Gasteiger partial charge < -0.3 is 11.1 Å². The lowest BCUT2D eigenvalue weighted by molar-refractivity contribution is 0.0942. The van der Waals surface area contributed by atoms with Crippen LogP contribution in [0.5, 0.6) is 0 Å². The number of aryl methyl sites for hydroxylation is 1. The van der Waals surface area contributed by atoms with Crippen LogP contribution in [0, 0.1) is 0 Å². The Morgan fingerprint density at radius 3 is 2.95 bits per heavy atom. The molecule has 0 bridgehead atoms. The summed E-state index contributed by atoms with van der Waals surface area (Å²) in [5.41, 5.74) is 7.17. The van der Waals surface area contributed by atoms with E-state index in [2.05, 4.69) is 21.6 Å². The van der Waals surface area contributed by atoms with Gasteiger partial charge in [-0.05, 0) is 18.9 Å². The number of nitrogens with two attached hydrogens (primary N) is 1. The molecule has 1 saturated carbocycles. The number of carbonyl (C=O) groups excluding carboxylic acids is 1. The van der Waals surface area contributed by atoms with Gasteiger partial charge >= 0.3 is 0 Å².